The van der Waals surface area contributed by atoms with Crippen LogP contribution in [-0.4, -0.2) is 16.2 Å². The molecule has 0 spiro atoms. The highest BCUT2D eigenvalue weighted by molar-refractivity contribution is 6.31. The number of hydrogen-bond acceptors (Lipinski definition) is 3. The molecule has 1 N–H and O–H groups in total. The van der Waals surface area contributed by atoms with E-state index in [4.69, 9.17) is 11.6 Å². The highest BCUT2D eigenvalue weighted by Crippen LogP contribution is 2.40. The number of anilines is 1. The van der Waals surface area contributed by atoms with Crippen LogP contribution in [0.1, 0.15) is 47.7 Å². The highest BCUT2D eigenvalue weighted by Gasteiger charge is 2.48. The van der Waals surface area contributed by atoms with Crippen LogP contribution in [0.2, 0.25) is 5.02 Å². The van der Waals surface area contributed by atoms with E-state index in [2.05, 4.69) is 10.3 Å². The van der Waals surface area contributed by atoms with E-state index in [1.807, 2.05) is 13.0 Å². The topological polar surface area (TPSA) is 63.5 Å². The molecule has 1 unspecified atom stereocenters. The van der Waals surface area contributed by atoms with Gasteiger partial charge in [-0.1, -0.05) is 42.8 Å². The maximum absolute atomic E-state index is 14.1. The van der Waals surface area contributed by atoms with Gasteiger partial charge < -0.3 is 5.32 Å². The highest BCUT2D eigenvalue weighted by atomic mass is 35.5. The van der Waals surface area contributed by atoms with Gasteiger partial charge in [0.05, 0.1) is 17.0 Å². The van der Waals surface area contributed by atoms with Gasteiger partial charge in [0.25, 0.3) is 11.5 Å². The number of hydrogen-bond donors (Lipinski definition) is 1. The molecule has 0 aliphatic carbocycles. The monoisotopic (exact) mass is 539 g/mol. The number of aryl methyl sites for hydroxylation is 1. The molecular formula is C29H25ClF3N3O2. The number of aromatic nitrogens is 1. The SMILES string of the molecule is C/C=C/N=C(/C=C/n1c(C)cc(C(C)Cc2ccc(F)cc2)c(Cl)c1=O)c1ccc2c(c1)NC(=O)C2(F)F. The molecule has 2 heterocycles. The molecule has 1 aliphatic rings. The van der Waals surface area contributed by atoms with Gasteiger partial charge >= 0.3 is 5.92 Å². The molecule has 2 aromatic carbocycles. The summed E-state index contributed by atoms with van der Waals surface area (Å²) in [5, 5.41) is 2.27. The van der Waals surface area contributed by atoms with Crippen LogP contribution in [-0.2, 0) is 17.1 Å². The first kappa shape index (κ1) is 27.1. The van der Waals surface area contributed by atoms with Crippen molar-refractivity contribution >= 4 is 35.1 Å². The number of nitrogens with one attached hydrogen (secondary N) is 1. The summed E-state index contributed by atoms with van der Waals surface area (Å²) < 4.78 is 42.7. The number of carbonyl (C=O) groups excluding carboxylic acids is 1. The molecular weight excluding hydrogens is 515 g/mol. The Morgan fingerprint density at radius 1 is 1.16 bits per heavy atom. The van der Waals surface area contributed by atoms with E-state index in [1.54, 1.807) is 38.1 Å². The van der Waals surface area contributed by atoms with Gasteiger partial charge in [-0.2, -0.15) is 8.78 Å². The van der Waals surface area contributed by atoms with Gasteiger partial charge in [0.15, 0.2) is 0 Å². The summed E-state index contributed by atoms with van der Waals surface area (Å²) in [6.45, 7) is 5.49. The number of amides is 1. The molecule has 0 saturated heterocycles. The zero-order chi connectivity index (χ0) is 27.6. The minimum atomic E-state index is -3.60. The Hall–Kier alpha value is -3.91. The first-order valence-electron chi connectivity index (χ1n) is 11.9. The van der Waals surface area contributed by atoms with Crippen LogP contribution in [0, 0.1) is 12.7 Å². The molecule has 38 heavy (non-hydrogen) atoms. The molecule has 9 heteroatoms. The minimum Gasteiger partial charge on any atom is -0.320 e. The molecule has 1 amide bonds. The number of rotatable bonds is 7. The first-order chi connectivity index (χ1) is 18.0. The maximum atomic E-state index is 14.1. The number of fused-ring (bicyclic) bond motifs is 1. The second-order valence-corrected chi connectivity index (χ2v) is 9.44. The first-order valence-corrected chi connectivity index (χ1v) is 12.3. The summed E-state index contributed by atoms with van der Waals surface area (Å²) in [4.78, 5) is 29.2. The summed E-state index contributed by atoms with van der Waals surface area (Å²) in [5.74, 6) is -5.38. The van der Waals surface area contributed by atoms with Crippen molar-refractivity contribution in [3.8, 4) is 0 Å². The van der Waals surface area contributed by atoms with Crippen LogP contribution in [0.25, 0.3) is 6.20 Å². The van der Waals surface area contributed by atoms with E-state index >= 15 is 0 Å². The van der Waals surface area contributed by atoms with Gasteiger partial charge in [0.2, 0.25) is 0 Å². The van der Waals surface area contributed by atoms with Gasteiger partial charge in [0, 0.05) is 23.7 Å². The Kier molecular flexibility index (Phi) is 7.73. The third-order valence-corrected chi connectivity index (χ3v) is 6.70. The van der Waals surface area contributed by atoms with E-state index < -0.39 is 23.0 Å². The van der Waals surface area contributed by atoms with E-state index in [9.17, 15) is 22.8 Å². The molecule has 196 valence electrons. The van der Waals surface area contributed by atoms with Gasteiger partial charge in [0.1, 0.15) is 10.8 Å². The quantitative estimate of drug-likeness (QED) is 0.334. The zero-order valence-electron chi connectivity index (χ0n) is 20.9. The maximum Gasteiger partial charge on any atom is 0.352 e. The number of allylic oxidation sites excluding steroid dienone is 2. The Labute approximate surface area is 223 Å². The van der Waals surface area contributed by atoms with E-state index in [0.717, 1.165) is 5.56 Å². The van der Waals surface area contributed by atoms with E-state index in [0.29, 0.717) is 29.0 Å². The van der Waals surface area contributed by atoms with Crippen molar-refractivity contribution < 1.29 is 18.0 Å². The van der Waals surface area contributed by atoms with Crippen molar-refractivity contribution in [3.63, 3.8) is 0 Å². The Bertz CT molecular complexity index is 1540. The number of pyridine rings is 1. The van der Waals surface area contributed by atoms with Crippen LogP contribution in [0.15, 0.2) is 76.7 Å². The predicted molar refractivity (Wildman–Crippen MR) is 145 cm³/mol. The Morgan fingerprint density at radius 2 is 1.87 bits per heavy atom. The molecule has 5 nitrogen and oxygen atoms in total. The minimum absolute atomic E-state index is 0.00923. The molecule has 0 radical (unpaired) electrons. The zero-order valence-corrected chi connectivity index (χ0v) is 21.7. The number of aliphatic imine (C=N–C) groups is 1. The van der Waals surface area contributed by atoms with E-state index in [-0.39, 0.29) is 22.4 Å². The molecule has 0 fully saturated rings. The van der Waals surface area contributed by atoms with Gasteiger partial charge in [-0.25, -0.2) is 4.39 Å². The third-order valence-electron chi connectivity index (χ3n) is 6.32. The average Bonchev–Trinajstić information content (AvgIpc) is 3.11. The molecule has 0 saturated carbocycles. The van der Waals surface area contributed by atoms with Crippen LogP contribution in [0.3, 0.4) is 0 Å². The molecule has 4 rings (SSSR count). The fourth-order valence-electron chi connectivity index (χ4n) is 4.29. The van der Waals surface area contributed by atoms with Gasteiger partial charge in [-0.05, 0) is 73.7 Å². The molecule has 1 aromatic heterocycles. The predicted octanol–water partition coefficient (Wildman–Crippen LogP) is 6.83. The van der Waals surface area contributed by atoms with Crippen molar-refractivity contribution in [1.29, 1.82) is 0 Å². The second-order valence-electron chi connectivity index (χ2n) is 9.06. The Morgan fingerprint density at radius 3 is 2.55 bits per heavy atom. The third kappa shape index (κ3) is 5.36. The van der Waals surface area contributed by atoms with Gasteiger partial charge in [-0.3, -0.25) is 19.1 Å². The molecule has 0 bridgehead atoms. The number of carbonyl (C=O) groups is 1. The fourth-order valence-corrected chi connectivity index (χ4v) is 4.62. The number of benzene rings is 2. The largest absolute Gasteiger partial charge is 0.352 e. The summed E-state index contributed by atoms with van der Waals surface area (Å²) in [6.07, 6.45) is 6.89. The van der Waals surface area contributed by atoms with Crippen molar-refractivity contribution in [2.24, 2.45) is 4.99 Å². The standard InChI is InChI=1S/C29H25ClF3N3O2/c1-4-12-34-24(20-7-10-23-25(16-20)35-28(38)29(23,32)33)11-13-36-18(3)15-22(26(30)27(36)37)17(2)14-19-5-8-21(31)9-6-19/h4-13,15-17H,14H2,1-3H3,(H,35,38)/b12-4+,13-11+,34-24-. The number of alkyl halides is 2. The summed E-state index contributed by atoms with van der Waals surface area (Å²) in [6, 6.07) is 12.1. The molecule has 3 aromatic rings. The van der Waals surface area contributed by atoms with Crippen LogP contribution in [0.4, 0.5) is 18.9 Å². The average molecular weight is 540 g/mol. The molecule has 1 aliphatic heterocycles. The second kappa shape index (κ2) is 10.8. The van der Waals surface area contributed by atoms with Crippen molar-refractivity contribution in [1.82, 2.24) is 4.57 Å². The summed E-state index contributed by atoms with van der Waals surface area (Å²) in [5.41, 5.74) is 2.27. The lowest BCUT2D eigenvalue weighted by Gasteiger charge is -2.16. The van der Waals surface area contributed by atoms with Crippen LogP contribution >= 0.6 is 11.6 Å². The van der Waals surface area contributed by atoms with Crippen molar-refractivity contribution in [2.45, 2.75) is 39.0 Å². The smallest absolute Gasteiger partial charge is 0.320 e. The summed E-state index contributed by atoms with van der Waals surface area (Å²) >= 11 is 6.50. The number of halogens is 4. The fraction of sp³-hybridized carbons (Fsp3) is 0.207. The van der Waals surface area contributed by atoms with Crippen molar-refractivity contribution in [2.75, 3.05) is 5.32 Å². The van der Waals surface area contributed by atoms with E-state index in [1.165, 1.54) is 47.3 Å². The normalized spacial score (nSPS) is 15.8. The Balaban J connectivity index is 1.65. The summed E-state index contributed by atoms with van der Waals surface area (Å²) in [7, 11) is 0. The lowest BCUT2D eigenvalue weighted by atomic mass is 9.93. The van der Waals surface area contributed by atoms with Crippen LogP contribution < -0.4 is 10.9 Å². The van der Waals surface area contributed by atoms with Gasteiger partial charge in [-0.15, -0.1) is 0 Å². The van der Waals surface area contributed by atoms with Crippen LogP contribution in [0.5, 0.6) is 0 Å². The lowest BCUT2D eigenvalue weighted by molar-refractivity contribution is -0.139. The lowest BCUT2D eigenvalue weighted by Crippen LogP contribution is -2.23. The number of nitrogens with zero attached hydrogens (tertiary/aromatic N) is 2. The van der Waals surface area contributed by atoms with Crippen molar-refractivity contribution in [3.05, 3.63) is 116 Å². The molecule has 1 atom stereocenters.